The Morgan fingerprint density at radius 2 is 1.73 bits per heavy atom. The van der Waals surface area contributed by atoms with Crippen LogP contribution in [0, 0.1) is 0 Å². The zero-order valence-electron chi connectivity index (χ0n) is 13.0. The van der Waals surface area contributed by atoms with Gasteiger partial charge in [0.2, 0.25) is 0 Å². The molecule has 0 saturated heterocycles. The molecule has 0 aliphatic rings. The topological polar surface area (TPSA) is 35.5 Å². The molecule has 2 aromatic rings. The van der Waals surface area contributed by atoms with Crippen LogP contribution in [-0.4, -0.2) is 31.3 Å². The molecule has 4 heteroatoms. The zero-order chi connectivity index (χ0) is 15.9. The molecule has 2 atom stereocenters. The summed E-state index contributed by atoms with van der Waals surface area (Å²) < 4.78 is 0. The van der Waals surface area contributed by atoms with Gasteiger partial charge in [-0.3, -0.25) is 0 Å². The summed E-state index contributed by atoms with van der Waals surface area (Å²) in [6.45, 7) is 3.41. The van der Waals surface area contributed by atoms with Gasteiger partial charge in [-0.2, -0.15) is 0 Å². The van der Waals surface area contributed by atoms with Gasteiger partial charge in [0.05, 0.1) is 12.1 Å². The summed E-state index contributed by atoms with van der Waals surface area (Å²) in [5.41, 5.74) is 2.11. The minimum Gasteiger partial charge on any atom is -0.389 e. The van der Waals surface area contributed by atoms with Crippen LogP contribution in [0.1, 0.15) is 18.5 Å². The second-order valence-electron chi connectivity index (χ2n) is 5.32. The van der Waals surface area contributed by atoms with Gasteiger partial charge in [0, 0.05) is 24.3 Å². The fraction of sp³-hybridized carbons (Fsp3) is 0.333. The SMILES string of the molecule is CCNC[C@@H](O)C(c1ccc(Cl)cc1)N(C)c1ccccc1. The highest BCUT2D eigenvalue weighted by atomic mass is 35.5. The first-order chi connectivity index (χ1) is 10.6. The number of anilines is 1. The molecule has 0 aromatic heterocycles. The maximum atomic E-state index is 10.7. The van der Waals surface area contributed by atoms with Crippen LogP contribution in [0.4, 0.5) is 5.69 Å². The highest BCUT2D eigenvalue weighted by Crippen LogP contribution is 2.29. The molecule has 22 heavy (non-hydrogen) atoms. The van der Waals surface area contributed by atoms with Gasteiger partial charge in [0.25, 0.3) is 0 Å². The Morgan fingerprint density at radius 1 is 1.09 bits per heavy atom. The minimum atomic E-state index is -0.522. The maximum absolute atomic E-state index is 10.7. The molecule has 0 fully saturated rings. The molecule has 0 spiro atoms. The minimum absolute atomic E-state index is 0.140. The van der Waals surface area contributed by atoms with Gasteiger partial charge < -0.3 is 15.3 Å². The number of halogens is 1. The van der Waals surface area contributed by atoms with E-state index in [1.165, 1.54) is 0 Å². The lowest BCUT2D eigenvalue weighted by Gasteiger charge is -2.34. The van der Waals surface area contributed by atoms with E-state index in [1.807, 2.05) is 68.6 Å². The Labute approximate surface area is 137 Å². The van der Waals surface area contributed by atoms with Crippen molar-refractivity contribution >= 4 is 17.3 Å². The van der Waals surface area contributed by atoms with Crippen LogP contribution in [0.3, 0.4) is 0 Å². The van der Waals surface area contributed by atoms with Crippen molar-refractivity contribution in [2.75, 3.05) is 25.0 Å². The predicted molar refractivity (Wildman–Crippen MR) is 93.6 cm³/mol. The van der Waals surface area contributed by atoms with Crippen molar-refractivity contribution in [1.29, 1.82) is 0 Å². The number of benzene rings is 2. The monoisotopic (exact) mass is 318 g/mol. The number of hydrogen-bond donors (Lipinski definition) is 2. The Hall–Kier alpha value is -1.55. The van der Waals surface area contributed by atoms with Gasteiger partial charge in [-0.05, 0) is 36.4 Å². The summed E-state index contributed by atoms with van der Waals surface area (Å²) in [6, 6.07) is 17.6. The van der Waals surface area contributed by atoms with Crippen molar-refractivity contribution in [3.8, 4) is 0 Å². The van der Waals surface area contributed by atoms with E-state index in [0.717, 1.165) is 17.8 Å². The van der Waals surface area contributed by atoms with Gasteiger partial charge in [-0.15, -0.1) is 0 Å². The van der Waals surface area contributed by atoms with E-state index in [2.05, 4.69) is 10.2 Å². The largest absolute Gasteiger partial charge is 0.389 e. The van der Waals surface area contributed by atoms with E-state index in [-0.39, 0.29) is 6.04 Å². The Kier molecular flexibility index (Phi) is 6.25. The van der Waals surface area contributed by atoms with Crippen molar-refractivity contribution < 1.29 is 5.11 Å². The van der Waals surface area contributed by atoms with Gasteiger partial charge in [-0.25, -0.2) is 0 Å². The average Bonchev–Trinajstić information content (AvgIpc) is 2.55. The smallest absolute Gasteiger partial charge is 0.0909 e. The summed E-state index contributed by atoms with van der Waals surface area (Å²) in [7, 11) is 2.00. The summed E-state index contributed by atoms with van der Waals surface area (Å²) in [4.78, 5) is 2.10. The number of likely N-dealkylation sites (N-methyl/N-ethyl adjacent to an activating group) is 2. The van der Waals surface area contributed by atoms with E-state index in [0.29, 0.717) is 11.6 Å². The summed E-state index contributed by atoms with van der Waals surface area (Å²) in [5.74, 6) is 0. The first kappa shape index (κ1) is 16.8. The Balaban J connectivity index is 2.30. The second-order valence-corrected chi connectivity index (χ2v) is 5.75. The Morgan fingerprint density at radius 3 is 2.32 bits per heavy atom. The maximum Gasteiger partial charge on any atom is 0.0909 e. The summed E-state index contributed by atoms with van der Waals surface area (Å²) in [6.07, 6.45) is -0.522. The van der Waals surface area contributed by atoms with E-state index >= 15 is 0 Å². The van der Waals surface area contributed by atoms with E-state index in [4.69, 9.17) is 11.6 Å². The van der Waals surface area contributed by atoms with Crippen molar-refractivity contribution in [2.24, 2.45) is 0 Å². The van der Waals surface area contributed by atoms with Gasteiger partial charge in [-0.1, -0.05) is 48.9 Å². The molecule has 0 bridgehead atoms. The standard InChI is InChI=1S/C18H23ClN2O/c1-3-20-13-17(22)18(14-9-11-15(19)12-10-14)21(2)16-7-5-4-6-8-16/h4-12,17-18,20,22H,3,13H2,1-2H3/t17-,18?/m1/s1. The Bertz CT molecular complexity index is 559. The van der Waals surface area contributed by atoms with Crippen LogP contribution >= 0.6 is 11.6 Å². The third kappa shape index (κ3) is 4.23. The molecule has 0 saturated carbocycles. The quantitative estimate of drug-likeness (QED) is 0.820. The van der Waals surface area contributed by atoms with Crippen LogP contribution in [0.15, 0.2) is 54.6 Å². The van der Waals surface area contributed by atoms with Crippen LogP contribution in [-0.2, 0) is 0 Å². The molecule has 0 aliphatic heterocycles. The second kappa shape index (κ2) is 8.18. The number of hydrogen-bond acceptors (Lipinski definition) is 3. The fourth-order valence-corrected chi connectivity index (χ4v) is 2.72. The van der Waals surface area contributed by atoms with Crippen molar-refractivity contribution in [1.82, 2.24) is 5.32 Å². The van der Waals surface area contributed by atoms with Crippen molar-refractivity contribution in [3.05, 3.63) is 65.2 Å². The molecule has 3 nitrogen and oxygen atoms in total. The number of aliphatic hydroxyl groups is 1. The van der Waals surface area contributed by atoms with Crippen LogP contribution in [0.5, 0.6) is 0 Å². The van der Waals surface area contributed by atoms with E-state index < -0.39 is 6.10 Å². The number of nitrogens with one attached hydrogen (secondary N) is 1. The normalized spacial score (nSPS) is 13.6. The number of rotatable bonds is 7. The highest BCUT2D eigenvalue weighted by molar-refractivity contribution is 6.30. The molecular formula is C18H23ClN2O. The third-order valence-corrected chi connectivity index (χ3v) is 4.01. The molecule has 2 N–H and O–H groups in total. The average molecular weight is 319 g/mol. The van der Waals surface area contributed by atoms with Crippen LogP contribution < -0.4 is 10.2 Å². The first-order valence-corrected chi connectivity index (χ1v) is 7.93. The first-order valence-electron chi connectivity index (χ1n) is 7.55. The van der Waals surface area contributed by atoms with Crippen molar-refractivity contribution in [3.63, 3.8) is 0 Å². The predicted octanol–water partition coefficient (Wildman–Crippen LogP) is 3.49. The van der Waals surface area contributed by atoms with Gasteiger partial charge in [0.1, 0.15) is 0 Å². The molecule has 0 amide bonds. The molecule has 2 rings (SSSR count). The van der Waals surface area contributed by atoms with E-state index in [9.17, 15) is 5.11 Å². The van der Waals surface area contributed by atoms with Crippen LogP contribution in [0.2, 0.25) is 5.02 Å². The summed E-state index contributed by atoms with van der Waals surface area (Å²) >= 11 is 5.99. The molecule has 2 aromatic carbocycles. The zero-order valence-corrected chi connectivity index (χ0v) is 13.8. The summed E-state index contributed by atoms with van der Waals surface area (Å²) in [5, 5.41) is 14.6. The molecule has 0 aliphatic carbocycles. The fourth-order valence-electron chi connectivity index (χ4n) is 2.59. The molecular weight excluding hydrogens is 296 g/mol. The van der Waals surface area contributed by atoms with Gasteiger partial charge in [0.15, 0.2) is 0 Å². The lowest BCUT2D eigenvalue weighted by Crippen LogP contribution is -2.40. The van der Waals surface area contributed by atoms with Crippen LogP contribution in [0.25, 0.3) is 0 Å². The molecule has 118 valence electrons. The van der Waals surface area contributed by atoms with Crippen molar-refractivity contribution in [2.45, 2.75) is 19.1 Å². The molecule has 1 unspecified atom stereocenters. The highest BCUT2D eigenvalue weighted by Gasteiger charge is 2.25. The van der Waals surface area contributed by atoms with E-state index in [1.54, 1.807) is 0 Å². The number of aliphatic hydroxyl groups excluding tert-OH is 1. The molecule has 0 radical (unpaired) electrons. The number of nitrogens with zero attached hydrogens (tertiary/aromatic N) is 1. The third-order valence-electron chi connectivity index (χ3n) is 3.76. The lowest BCUT2D eigenvalue weighted by molar-refractivity contribution is 0.141. The number of para-hydroxylation sites is 1. The van der Waals surface area contributed by atoms with Gasteiger partial charge >= 0.3 is 0 Å². The molecule has 0 heterocycles. The lowest BCUT2D eigenvalue weighted by atomic mass is 9.99.